The minimum atomic E-state index is 0.364. The van der Waals surface area contributed by atoms with Gasteiger partial charge in [0, 0.05) is 5.56 Å². The van der Waals surface area contributed by atoms with Gasteiger partial charge in [0.25, 0.3) is 0 Å². The van der Waals surface area contributed by atoms with Gasteiger partial charge in [0.05, 0.1) is 5.56 Å². The Morgan fingerprint density at radius 3 is 2.60 bits per heavy atom. The van der Waals surface area contributed by atoms with E-state index in [1.165, 1.54) is 6.07 Å². The second kappa shape index (κ2) is 6.91. The molecular weight excluding hydrogens is 250 g/mol. The van der Waals surface area contributed by atoms with Crippen molar-refractivity contribution in [2.75, 3.05) is 6.61 Å². The Balaban J connectivity index is 1.99. The zero-order valence-corrected chi connectivity index (χ0v) is 10.8. The highest BCUT2D eigenvalue weighted by molar-refractivity contribution is 5.76. The Kier molecular flexibility index (Phi) is 4.69. The van der Waals surface area contributed by atoms with Crippen LogP contribution in [0.2, 0.25) is 0 Å². The molecule has 0 aromatic heterocycles. The molecule has 2 aromatic carbocycles. The highest BCUT2D eigenvalue weighted by Gasteiger charge is 2.03. The molecule has 0 unspecified atom stereocenters. The molecule has 0 atom stereocenters. The average molecular weight is 263 g/mol. The van der Waals surface area contributed by atoms with Crippen molar-refractivity contribution in [2.24, 2.45) is 0 Å². The molecule has 2 rings (SSSR count). The summed E-state index contributed by atoms with van der Waals surface area (Å²) >= 11 is 0. The minimum absolute atomic E-state index is 0.364. The lowest BCUT2D eigenvalue weighted by atomic mass is 10.1. The lowest BCUT2D eigenvalue weighted by Crippen LogP contribution is -1.96. The highest BCUT2D eigenvalue weighted by atomic mass is 16.5. The van der Waals surface area contributed by atoms with Gasteiger partial charge in [0.15, 0.2) is 0 Å². The third-order valence-electron chi connectivity index (χ3n) is 2.71. The van der Waals surface area contributed by atoms with Gasteiger partial charge < -0.3 is 4.74 Å². The molecule has 3 nitrogen and oxygen atoms in total. The Labute approximate surface area is 117 Å². The third-order valence-corrected chi connectivity index (χ3v) is 2.71. The zero-order chi connectivity index (χ0) is 14.2. The summed E-state index contributed by atoms with van der Waals surface area (Å²) in [6, 6.07) is 16.7. The standard InChI is InChI=1S/C17H13NO2/c18-12-16-11-15(13-19)8-9-17(16)20-10-4-7-14-5-2-1-3-6-14/h1-9,11,13H,10H2/b7-4+. The number of ether oxygens (including phenoxy) is 1. The third kappa shape index (κ3) is 3.56. The predicted octanol–water partition coefficient (Wildman–Crippen LogP) is 3.46. The Bertz CT molecular complexity index is 654. The van der Waals surface area contributed by atoms with Crippen LogP contribution < -0.4 is 4.74 Å². The van der Waals surface area contributed by atoms with Gasteiger partial charge in [-0.05, 0) is 29.8 Å². The molecule has 0 radical (unpaired) electrons. The highest BCUT2D eigenvalue weighted by Crippen LogP contribution is 2.18. The topological polar surface area (TPSA) is 50.1 Å². The van der Waals surface area contributed by atoms with E-state index in [1.807, 2.05) is 48.6 Å². The van der Waals surface area contributed by atoms with Crippen molar-refractivity contribution in [1.82, 2.24) is 0 Å². The Hall–Kier alpha value is -2.86. The maximum atomic E-state index is 10.6. The molecule has 3 heteroatoms. The largest absolute Gasteiger partial charge is 0.488 e. The number of aldehydes is 1. The van der Waals surface area contributed by atoms with E-state index in [1.54, 1.807) is 12.1 Å². The summed E-state index contributed by atoms with van der Waals surface area (Å²) in [5, 5.41) is 9.01. The molecule has 0 aliphatic heterocycles. The minimum Gasteiger partial charge on any atom is -0.488 e. The van der Waals surface area contributed by atoms with Gasteiger partial charge in [-0.1, -0.05) is 36.4 Å². The summed E-state index contributed by atoms with van der Waals surface area (Å²) in [5.74, 6) is 0.482. The molecule has 0 bridgehead atoms. The first kappa shape index (κ1) is 13.6. The van der Waals surface area contributed by atoms with E-state index in [-0.39, 0.29) is 0 Å². The monoisotopic (exact) mass is 263 g/mol. The van der Waals surface area contributed by atoms with Gasteiger partial charge in [-0.15, -0.1) is 0 Å². The van der Waals surface area contributed by atoms with Crippen LogP contribution >= 0.6 is 0 Å². The van der Waals surface area contributed by atoms with Crippen molar-refractivity contribution < 1.29 is 9.53 Å². The van der Waals surface area contributed by atoms with E-state index in [2.05, 4.69) is 0 Å². The zero-order valence-electron chi connectivity index (χ0n) is 10.8. The predicted molar refractivity (Wildman–Crippen MR) is 77.5 cm³/mol. The van der Waals surface area contributed by atoms with E-state index in [9.17, 15) is 4.79 Å². The fourth-order valence-electron chi connectivity index (χ4n) is 1.72. The van der Waals surface area contributed by atoms with Crippen LogP contribution in [0.5, 0.6) is 5.75 Å². The quantitative estimate of drug-likeness (QED) is 0.776. The van der Waals surface area contributed by atoms with E-state index in [0.29, 0.717) is 29.8 Å². The Morgan fingerprint density at radius 1 is 1.10 bits per heavy atom. The summed E-state index contributed by atoms with van der Waals surface area (Å²) in [7, 11) is 0. The van der Waals surface area contributed by atoms with Crippen molar-refractivity contribution in [1.29, 1.82) is 5.26 Å². The lowest BCUT2D eigenvalue weighted by molar-refractivity contribution is 0.112. The molecule has 0 amide bonds. The van der Waals surface area contributed by atoms with E-state index >= 15 is 0 Å². The SMILES string of the molecule is N#Cc1cc(C=O)ccc1OC/C=C/c1ccccc1. The maximum absolute atomic E-state index is 10.6. The van der Waals surface area contributed by atoms with E-state index in [0.717, 1.165) is 5.56 Å². The number of nitrogens with zero attached hydrogens (tertiary/aromatic N) is 1. The molecule has 0 aliphatic carbocycles. The summed E-state index contributed by atoms with van der Waals surface area (Å²) < 4.78 is 5.52. The van der Waals surface area contributed by atoms with Crippen molar-refractivity contribution in [3.8, 4) is 11.8 Å². The molecular formula is C17H13NO2. The fourth-order valence-corrected chi connectivity index (χ4v) is 1.72. The van der Waals surface area contributed by atoms with Gasteiger partial charge >= 0.3 is 0 Å². The summed E-state index contributed by atoms with van der Waals surface area (Å²) in [5.41, 5.74) is 1.92. The van der Waals surface area contributed by atoms with Gasteiger partial charge in [-0.3, -0.25) is 4.79 Å². The van der Waals surface area contributed by atoms with Crippen molar-refractivity contribution in [3.63, 3.8) is 0 Å². The maximum Gasteiger partial charge on any atom is 0.150 e. The molecule has 0 heterocycles. The van der Waals surface area contributed by atoms with Crippen LogP contribution in [0.1, 0.15) is 21.5 Å². The summed E-state index contributed by atoms with van der Waals surface area (Å²) in [6.07, 6.45) is 4.54. The second-order valence-corrected chi connectivity index (χ2v) is 4.11. The molecule has 0 N–H and O–H groups in total. The molecule has 0 spiro atoms. The van der Waals surface area contributed by atoms with Gasteiger partial charge in [-0.2, -0.15) is 5.26 Å². The van der Waals surface area contributed by atoms with Gasteiger partial charge in [0.1, 0.15) is 24.7 Å². The smallest absolute Gasteiger partial charge is 0.150 e. The van der Waals surface area contributed by atoms with Crippen LogP contribution in [0.4, 0.5) is 0 Å². The number of benzene rings is 2. The van der Waals surface area contributed by atoms with Gasteiger partial charge in [0.2, 0.25) is 0 Å². The molecule has 0 saturated heterocycles. The number of rotatable bonds is 5. The molecule has 20 heavy (non-hydrogen) atoms. The molecule has 0 fully saturated rings. The van der Waals surface area contributed by atoms with Crippen LogP contribution in [-0.4, -0.2) is 12.9 Å². The number of nitriles is 1. The number of hydrogen-bond donors (Lipinski definition) is 0. The first-order valence-corrected chi connectivity index (χ1v) is 6.17. The number of hydrogen-bond acceptors (Lipinski definition) is 3. The van der Waals surface area contributed by atoms with E-state index < -0.39 is 0 Å². The first-order valence-electron chi connectivity index (χ1n) is 6.17. The molecule has 2 aromatic rings. The average Bonchev–Trinajstić information content (AvgIpc) is 2.52. The van der Waals surface area contributed by atoms with Gasteiger partial charge in [-0.25, -0.2) is 0 Å². The van der Waals surface area contributed by atoms with Crippen LogP contribution in [0.25, 0.3) is 6.08 Å². The number of carbonyl (C=O) groups is 1. The summed E-state index contributed by atoms with van der Waals surface area (Å²) in [4.78, 5) is 10.6. The van der Waals surface area contributed by atoms with Crippen molar-refractivity contribution in [2.45, 2.75) is 0 Å². The Morgan fingerprint density at radius 2 is 1.90 bits per heavy atom. The van der Waals surface area contributed by atoms with Crippen LogP contribution in [-0.2, 0) is 0 Å². The van der Waals surface area contributed by atoms with Crippen LogP contribution in [0, 0.1) is 11.3 Å². The first-order chi connectivity index (χ1) is 9.83. The molecule has 98 valence electrons. The van der Waals surface area contributed by atoms with Crippen LogP contribution in [0.3, 0.4) is 0 Å². The number of carbonyl (C=O) groups excluding carboxylic acids is 1. The lowest BCUT2D eigenvalue weighted by Gasteiger charge is -2.05. The molecule has 0 saturated carbocycles. The fraction of sp³-hybridized carbons (Fsp3) is 0.0588. The van der Waals surface area contributed by atoms with Crippen molar-refractivity contribution >= 4 is 12.4 Å². The molecule has 0 aliphatic rings. The van der Waals surface area contributed by atoms with E-state index in [4.69, 9.17) is 10.00 Å². The normalized spacial score (nSPS) is 10.2. The summed E-state index contributed by atoms with van der Waals surface area (Å²) in [6.45, 7) is 0.365. The van der Waals surface area contributed by atoms with Crippen LogP contribution in [0.15, 0.2) is 54.6 Å². The second-order valence-electron chi connectivity index (χ2n) is 4.11. The van der Waals surface area contributed by atoms with Crippen molar-refractivity contribution in [3.05, 3.63) is 71.3 Å².